The van der Waals surface area contributed by atoms with Gasteiger partial charge in [0.25, 0.3) is 0 Å². The van der Waals surface area contributed by atoms with Gasteiger partial charge in [0.05, 0.1) is 11.4 Å². The second-order valence-corrected chi connectivity index (χ2v) is 7.57. The molecule has 0 aliphatic carbocycles. The molecule has 0 saturated carbocycles. The van der Waals surface area contributed by atoms with Gasteiger partial charge in [-0.15, -0.1) is 11.3 Å². The zero-order chi connectivity index (χ0) is 15.0. The minimum absolute atomic E-state index is 0.488. The fraction of sp³-hybridized carbons (Fsp3) is 0.286. The molecule has 1 aromatic heterocycles. The van der Waals surface area contributed by atoms with Gasteiger partial charge in [0.2, 0.25) is 0 Å². The summed E-state index contributed by atoms with van der Waals surface area (Å²) in [6.07, 6.45) is -0.877. The van der Waals surface area contributed by atoms with E-state index in [1.165, 1.54) is 11.3 Å². The van der Waals surface area contributed by atoms with E-state index in [0.717, 1.165) is 15.6 Å². The zero-order valence-corrected chi connectivity index (χ0v) is 15.0. The molecule has 0 radical (unpaired) electrons. The number of hydrogen-bond acceptors (Lipinski definition) is 3. The van der Waals surface area contributed by atoms with Crippen LogP contribution in [0.5, 0.6) is 5.75 Å². The monoisotopic (exact) mass is 394 g/mol. The molecule has 0 amide bonds. The first-order valence-electron chi connectivity index (χ1n) is 5.83. The van der Waals surface area contributed by atoms with Gasteiger partial charge in [0, 0.05) is 15.6 Å². The predicted octanol–water partition coefficient (Wildman–Crippen LogP) is 5.52. The van der Waals surface area contributed by atoms with Crippen molar-refractivity contribution in [1.29, 1.82) is 0 Å². The van der Waals surface area contributed by atoms with Crippen molar-refractivity contribution in [3.63, 3.8) is 0 Å². The smallest absolute Gasteiger partial charge is 0.128 e. The highest BCUT2D eigenvalue weighted by molar-refractivity contribution is 9.10. The second kappa shape index (κ2) is 6.24. The first kappa shape index (κ1) is 16.1. The maximum Gasteiger partial charge on any atom is 0.128 e. The maximum absolute atomic E-state index is 10.7. The van der Waals surface area contributed by atoms with Crippen LogP contribution in [0.3, 0.4) is 0 Å². The number of rotatable bonds is 3. The Kier molecular flexibility index (Phi) is 5.03. The lowest BCUT2D eigenvalue weighted by molar-refractivity contribution is 0.214. The Balaban J connectivity index is 2.65. The number of methoxy groups -OCH3 is 1. The normalized spacial score (nSPS) is 12.6. The number of aryl methyl sites for hydroxylation is 1. The highest BCUT2D eigenvalue weighted by Gasteiger charge is 2.24. The minimum Gasteiger partial charge on any atom is -0.496 e. The van der Waals surface area contributed by atoms with E-state index in [1.54, 1.807) is 13.2 Å². The third-order valence-corrected chi connectivity index (χ3v) is 5.51. The Morgan fingerprint density at radius 1 is 1.30 bits per heavy atom. The van der Waals surface area contributed by atoms with Gasteiger partial charge in [-0.3, -0.25) is 0 Å². The van der Waals surface area contributed by atoms with Crippen LogP contribution >= 0.6 is 50.5 Å². The van der Waals surface area contributed by atoms with Gasteiger partial charge in [-0.25, -0.2) is 0 Å². The summed E-state index contributed by atoms with van der Waals surface area (Å²) in [6, 6.07) is 3.65. The third kappa shape index (κ3) is 2.85. The van der Waals surface area contributed by atoms with Crippen LogP contribution in [0, 0.1) is 13.8 Å². The van der Waals surface area contributed by atoms with Crippen molar-refractivity contribution in [1.82, 2.24) is 0 Å². The minimum atomic E-state index is -0.877. The topological polar surface area (TPSA) is 29.5 Å². The summed E-state index contributed by atoms with van der Waals surface area (Å²) in [5.74, 6) is 0.664. The van der Waals surface area contributed by atoms with Crippen LogP contribution in [-0.2, 0) is 0 Å². The fourth-order valence-corrected chi connectivity index (χ4v) is 4.25. The van der Waals surface area contributed by atoms with Gasteiger partial charge < -0.3 is 9.84 Å². The molecule has 2 rings (SSSR count). The van der Waals surface area contributed by atoms with Gasteiger partial charge in [-0.2, -0.15) is 0 Å². The molecular formula is C14H13BrCl2O2S. The summed E-state index contributed by atoms with van der Waals surface area (Å²) in [7, 11) is 1.59. The van der Waals surface area contributed by atoms with Crippen molar-refractivity contribution in [3.05, 3.63) is 47.5 Å². The van der Waals surface area contributed by atoms with Gasteiger partial charge in [0.1, 0.15) is 16.2 Å². The third-order valence-electron chi connectivity index (χ3n) is 3.16. The molecule has 0 aliphatic rings. The Morgan fingerprint density at radius 3 is 2.45 bits per heavy atom. The van der Waals surface area contributed by atoms with E-state index in [-0.39, 0.29) is 0 Å². The first-order chi connectivity index (χ1) is 9.36. The van der Waals surface area contributed by atoms with Crippen LogP contribution in [0.2, 0.25) is 8.67 Å². The largest absolute Gasteiger partial charge is 0.496 e. The Labute approximate surface area is 140 Å². The number of hydrogen-bond donors (Lipinski definition) is 1. The van der Waals surface area contributed by atoms with Crippen molar-refractivity contribution in [2.45, 2.75) is 20.0 Å². The molecule has 2 nitrogen and oxygen atoms in total. The molecule has 0 bridgehead atoms. The van der Waals surface area contributed by atoms with E-state index in [9.17, 15) is 5.11 Å². The number of aliphatic hydroxyl groups is 1. The van der Waals surface area contributed by atoms with E-state index < -0.39 is 6.10 Å². The van der Waals surface area contributed by atoms with Crippen molar-refractivity contribution >= 4 is 50.5 Å². The quantitative estimate of drug-likeness (QED) is 0.740. The summed E-state index contributed by atoms with van der Waals surface area (Å²) in [5.41, 5.74) is 3.16. The fourth-order valence-electron chi connectivity index (χ4n) is 2.17. The van der Waals surface area contributed by atoms with Crippen LogP contribution in [0.25, 0.3) is 0 Å². The zero-order valence-electron chi connectivity index (χ0n) is 11.1. The number of aliphatic hydroxyl groups excluding tert-OH is 1. The van der Waals surface area contributed by atoms with Crippen molar-refractivity contribution in [2.24, 2.45) is 0 Å². The molecule has 0 spiro atoms. The van der Waals surface area contributed by atoms with Crippen LogP contribution in [-0.4, -0.2) is 12.2 Å². The molecule has 1 N–H and O–H groups in total. The lowest BCUT2D eigenvalue weighted by Crippen LogP contribution is -2.06. The van der Waals surface area contributed by atoms with Crippen molar-refractivity contribution in [2.75, 3.05) is 7.11 Å². The van der Waals surface area contributed by atoms with E-state index in [2.05, 4.69) is 15.9 Å². The van der Waals surface area contributed by atoms with E-state index >= 15 is 0 Å². The van der Waals surface area contributed by atoms with E-state index in [0.29, 0.717) is 25.5 Å². The molecule has 0 aliphatic heterocycles. The summed E-state index contributed by atoms with van der Waals surface area (Å²) >= 11 is 16.8. The van der Waals surface area contributed by atoms with Gasteiger partial charge in [-0.1, -0.05) is 39.1 Å². The summed E-state index contributed by atoms with van der Waals surface area (Å²) < 4.78 is 7.40. The summed E-state index contributed by atoms with van der Waals surface area (Å²) in [4.78, 5) is 0. The van der Waals surface area contributed by atoms with Crippen LogP contribution in [0.4, 0.5) is 0 Å². The van der Waals surface area contributed by atoms with E-state index in [1.807, 2.05) is 19.9 Å². The maximum atomic E-state index is 10.7. The lowest BCUT2D eigenvalue weighted by Gasteiger charge is -2.20. The van der Waals surface area contributed by atoms with Crippen LogP contribution in [0.15, 0.2) is 16.6 Å². The SMILES string of the molecule is COc1c(C)cc(Br)c(C)c1C(O)c1cc(Cl)sc1Cl. The van der Waals surface area contributed by atoms with Crippen LogP contribution < -0.4 is 4.74 Å². The average Bonchev–Trinajstić information content (AvgIpc) is 2.71. The number of ether oxygens (including phenoxy) is 1. The van der Waals surface area contributed by atoms with Crippen molar-refractivity contribution in [3.8, 4) is 5.75 Å². The highest BCUT2D eigenvalue weighted by atomic mass is 79.9. The first-order valence-corrected chi connectivity index (χ1v) is 8.19. The lowest BCUT2D eigenvalue weighted by atomic mass is 9.96. The van der Waals surface area contributed by atoms with Gasteiger partial charge >= 0.3 is 0 Å². The van der Waals surface area contributed by atoms with E-state index in [4.69, 9.17) is 27.9 Å². The molecule has 6 heteroatoms. The molecule has 20 heavy (non-hydrogen) atoms. The number of thiophene rings is 1. The predicted molar refractivity (Wildman–Crippen MR) is 88.6 cm³/mol. The second-order valence-electron chi connectivity index (χ2n) is 4.43. The Hall–Kier alpha value is -0.260. The standard InChI is InChI=1S/C14H13BrCl2O2S/c1-6-4-9(15)7(2)11(13(6)19-3)12(18)8-5-10(16)20-14(8)17/h4-5,12,18H,1-3H3. The molecule has 0 saturated heterocycles. The molecule has 1 aromatic carbocycles. The summed E-state index contributed by atoms with van der Waals surface area (Å²) in [5, 5.41) is 10.7. The molecule has 1 unspecified atom stereocenters. The molecule has 108 valence electrons. The number of benzene rings is 1. The average molecular weight is 396 g/mol. The van der Waals surface area contributed by atoms with Crippen LogP contribution in [0.1, 0.15) is 28.4 Å². The molecule has 0 fully saturated rings. The Bertz CT molecular complexity index is 655. The number of halogens is 3. The van der Waals surface area contributed by atoms with Crippen molar-refractivity contribution < 1.29 is 9.84 Å². The summed E-state index contributed by atoms with van der Waals surface area (Å²) in [6.45, 7) is 3.86. The molecule has 2 aromatic rings. The molecule has 1 atom stereocenters. The highest BCUT2D eigenvalue weighted by Crippen LogP contribution is 2.43. The molecule has 1 heterocycles. The van der Waals surface area contributed by atoms with Gasteiger partial charge in [-0.05, 0) is 37.1 Å². The Morgan fingerprint density at radius 2 is 1.95 bits per heavy atom. The molecular weight excluding hydrogens is 383 g/mol. The van der Waals surface area contributed by atoms with Gasteiger partial charge in [0.15, 0.2) is 0 Å².